The second kappa shape index (κ2) is 3.53. The third-order valence-electron chi connectivity index (χ3n) is 4.28. The SMILES string of the molecule is C=C(C)C(O)OC1C2CC3C(O)OC1C3C2. The maximum absolute atomic E-state index is 9.70. The smallest absolute Gasteiger partial charge is 0.176 e. The fourth-order valence-electron chi connectivity index (χ4n) is 3.52. The monoisotopic (exact) mass is 226 g/mol. The molecule has 3 rings (SSSR count). The molecule has 2 bridgehead atoms. The molecule has 0 amide bonds. The maximum atomic E-state index is 9.70. The number of aliphatic hydroxyl groups is 2. The number of rotatable bonds is 3. The topological polar surface area (TPSA) is 58.9 Å². The Balaban J connectivity index is 1.72. The van der Waals surface area contributed by atoms with Gasteiger partial charge < -0.3 is 19.7 Å². The van der Waals surface area contributed by atoms with E-state index < -0.39 is 12.6 Å². The lowest BCUT2D eigenvalue weighted by molar-refractivity contribution is -0.176. The highest BCUT2D eigenvalue weighted by molar-refractivity contribution is 5.08. The zero-order chi connectivity index (χ0) is 11.4. The first-order chi connectivity index (χ1) is 7.58. The lowest BCUT2D eigenvalue weighted by Crippen LogP contribution is -2.37. The summed E-state index contributed by atoms with van der Waals surface area (Å²) in [4.78, 5) is 0. The van der Waals surface area contributed by atoms with Crippen LogP contribution in [0, 0.1) is 17.8 Å². The van der Waals surface area contributed by atoms with Crippen LogP contribution in [0.3, 0.4) is 0 Å². The second-order valence-electron chi connectivity index (χ2n) is 5.35. The third kappa shape index (κ3) is 1.37. The van der Waals surface area contributed by atoms with E-state index in [0.29, 0.717) is 17.4 Å². The van der Waals surface area contributed by atoms with Crippen molar-refractivity contribution < 1.29 is 19.7 Å². The molecule has 0 aromatic rings. The zero-order valence-electron chi connectivity index (χ0n) is 9.37. The molecule has 7 atom stereocenters. The van der Waals surface area contributed by atoms with Crippen molar-refractivity contribution in [2.45, 2.75) is 44.6 Å². The van der Waals surface area contributed by atoms with Gasteiger partial charge in [0, 0.05) is 5.92 Å². The Bertz CT molecular complexity index is 316. The summed E-state index contributed by atoms with van der Waals surface area (Å²) >= 11 is 0. The molecule has 7 unspecified atom stereocenters. The first-order valence-electron chi connectivity index (χ1n) is 5.90. The van der Waals surface area contributed by atoms with Crippen LogP contribution in [0.5, 0.6) is 0 Å². The van der Waals surface area contributed by atoms with Crippen LogP contribution in [0.1, 0.15) is 19.8 Å². The highest BCUT2D eigenvalue weighted by Crippen LogP contribution is 2.56. The summed E-state index contributed by atoms with van der Waals surface area (Å²) in [5.74, 6) is 1.13. The molecular formula is C12H18O4. The first-order valence-corrected chi connectivity index (χ1v) is 5.90. The summed E-state index contributed by atoms with van der Waals surface area (Å²) in [5.41, 5.74) is 0.609. The number of hydrogen-bond acceptors (Lipinski definition) is 4. The van der Waals surface area contributed by atoms with E-state index in [1.54, 1.807) is 6.92 Å². The molecule has 0 spiro atoms. The van der Waals surface area contributed by atoms with Crippen molar-refractivity contribution in [3.05, 3.63) is 12.2 Å². The van der Waals surface area contributed by atoms with Gasteiger partial charge in [-0.3, -0.25) is 0 Å². The van der Waals surface area contributed by atoms with Crippen molar-refractivity contribution in [1.29, 1.82) is 0 Å². The molecular weight excluding hydrogens is 208 g/mol. The summed E-state index contributed by atoms with van der Waals surface area (Å²) in [7, 11) is 0. The van der Waals surface area contributed by atoms with Gasteiger partial charge in [-0.2, -0.15) is 0 Å². The fraction of sp³-hybridized carbons (Fsp3) is 0.833. The van der Waals surface area contributed by atoms with Crippen LogP contribution in [0.15, 0.2) is 12.2 Å². The van der Waals surface area contributed by atoms with Gasteiger partial charge in [0.05, 0.1) is 12.2 Å². The molecule has 90 valence electrons. The maximum Gasteiger partial charge on any atom is 0.176 e. The lowest BCUT2D eigenvalue weighted by atomic mass is 9.87. The van der Waals surface area contributed by atoms with Crippen LogP contribution in [0.2, 0.25) is 0 Å². The number of aliphatic hydroxyl groups excluding tert-OH is 2. The predicted molar refractivity (Wildman–Crippen MR) is 56.3 cm³/mol. The molecule has 1 heterocycles. The zero-order valence-corrected chi connectivity index (χ0v) is 9.37. The van der Waals surface area contributed by atoms with Crippen molar-refractivity contribution in [3.8, 4) is 0 Å². The molecule has 3 fully saturated rings. The van der Waals surface area contributed by atoms with E-state index in [9.17, 15) is 10.2 Å². The average Bonchev–Trinajstić information content (AvgIpc) is 2.81. The normalized spacial score (nSPS) is 50.9. The molecule has 1 aliphatic heterocycles. The minimum Gasteiger partial charge on any atom is -0.368 e. The second-order valence-corrected chi connectivity index (χ2v) is 5.35. The summed E-state index contributed by atoms with van der Waals surface area (Å²) < 4.78 is 11.1. The van der Waals surface area contributed by atoms with Gasteiger partial charge in [0.2, 0.25) is 0 Å². The standard InChI is InChI=1S/C12H18O4/c1-5(2)11(13)15-9-6-3-7-8(4-6)12(14)16-10(7)9/h6-14H,1,3-4H2,2H3. The molecule has 3 aliphatic rings. The van der Waals surface area contributed by atoms with Crippen LogP contribution < -0.4 is 0 Å². The van der Waals surface area contributed by atoms with Crippen LogP contribution in [0.25, 0.3) is 0 Å². The van der Waals surface area contributed by atoms with Gasteiger partial charge >= 0.3 is 0 Å². The Morgan fingerprint density at radius 1 is 1.44 bits per heavy atom. The molecule has 2 saturated carbocycles. The molecule has 16 heavy (non-hydrogen) atoms. The van der Waals surface area contributed by atoms with Gasteiger partial charge in [-0.05, 0) is 37.2 Å². The molecule has 4 heteroatoms. The van der Waals surface area contributed by atoms with E-state index in [1.807, 2.05) is 0 Å². The molecule has 2 N–H and O–H groups in total. The Morgan fingerprint density at radius 2 is 2.12 bits per heavy atom. The van der Waals surface area contributed by atoms with Crippen molar-refractivity contribution in [1.82, 2.24) is 0 Å². The quantitative estimate of drug-likeness (QED) is 0.547. The van der Waals surface area contributed by atoms with Gasteiger partial charge in [0.1, 0.15) is 0 Å². The fourth-order valence-corrected chi connectivity index (χ4v) is 3.52. The Labute approximate surface area is 94.9 Å². The van der Waals surface area contributed by atoms with E-state index in [4.69, 9.17) is 9.47 Å². The van der Waals surface area contributed by atoms with E-state index in [0.717, 1.165) is 12.8 Å². The molecule has 2 aliphatic carbocycles. The first kappa shape index (κ1) is 10.7. The van der Waals surface area contributed by atoms with E-state index in [1.165, 1.54) is 0 Å². The minimum absolute atomic E-state index is 0.0345. The van der Waals surface area contributed by atoms with Crippen LogP contribution >= 0.6 is 0 Å². The molecule has 1 saturated heterocycles. The predicted octanol–water partition coefficient (Wildman–Crippen LogP) is 0.639. The van der Waals surface area contributed by atoms with E-state index >= 15 is 0 Å². The van der Waals surface area contributed by atoms with E-state index in [-0.39, 0.29) is 18.1 Å². The highest BCUT2D eigenvalue weighted by atomic mass is 16.7. The van der Waals surface area contributed by atoms with Crippen LogP contribution in [0.4, 0.5) is 0 Å². The largest absolute Gasteiger partial charge is 0.368 e. The van der Waals surface area contributed by atoms with Crippen molar-refractivity contribution in [3.63, 3.8) is 0 Å². The summed E-state index contributed by atoms with van der Waals surface area (Å²) in [6.07, 6.45) is 0.355. The summed E-state index contributed by atoms with van der Waals surface area (Å²) in [5, 5.41) is 19.4. The van der Waals surface area contributed by atoms with Crippen molar-refractivity contribution in [2.75, 3.05) is 0 Å². The number of ether oxygens (including phenoxy) is 2. The Kier molecular flexibility index (Phi) is 2.37. The summed E-state index contributed by atoms with van der Waals surface area (Å²) in [6.45, 7) is 5.41. The highest BCUT2D eigenvalue weighted by Gasteiger charge is 2.61. The number of fused-ring (bicyclic) bond motifs is 1. The van der Waals surface area contributed by atoms with Gasteiger partial charge in [0.25, 0.3) is 0 Å². The lowest BCUT2D eigenvalue weighted by Gasteiger charge is -2.28. The Hall–Kier alpha value is -0.420. The minimum atomic E-state index is -0.913. The van der Waals surface area contributed by atoms with E-state index in [2.05, 4.69) is 6.58 Å². The number of hydrogen-bond donors (Lipinski definition) is 2. The van der Waals surface area contributed by atoms with Gasteiger partial charge in [-0.1, -0.05) is 6.58 Å². The van der Waals surface area contributed by atoms with Crippen LogP contribution in [-0.4, -0.2) is 35.0 Å². The van der Waals surface area contributed by atoms with Crippen molar-refractivity contribution >= 4 is 0 Å². The summed E-state index contributed by atoms with van der Waals surface area (Å²) in [6, 6.07) is 0. The van der Waals surface area contributed by atoms with Gasteiger partial charge in [-0.15, -0.1) is 0 Å². The van der Waals surface area contributed by atoms with Gasteiger partial charge in [-0.25, -0.2) is 0 Å². The average molecular weight is 226 g/mol. The molecule has 0 aromatic heterocycles. The Morgan fingerprint density at radius 3 is 2.81 bits per heavy atom. The molecule has 4 nitrogen and oxygen atoms in total. The van der Waals surface area contributed by atoms with Gasteiger partial charge in [0.15, 0.2) is 12.6 Å². The third-order valence-corrected chi connectivity index (χ3v) is 4.28. The van der Waals surface area contributed by atoms with Crippen molar-refractivity contribution in [2.24, 2.45) is 17.8 Å². The van der Waals surface area contributed by atoms with Crippen LogP contribution in [-0.2, 0) is 9.47 Å². The molecule has 0 aromatic carbocycles. The molecule has 0 radical (unpaired) electrons.